The van der Waals surface area contributed by atoms with Crippen molar-refractivity contribution in [2.75, 3.05) is 23.9 Å². The van der Waals surface area contributed by atoms with Crippen molar-refractivity contribution in [2.24, 2.45) is 0 Å². The molecule has 0 aliphatic carbocycles. The number of anilines is 2. The van der Waals surface area contributed by atoms with Crippen LogP contribution < -0.4 is 10.2 Å². The van der Waals surface area contributed by atoms with Crippen LogP contribution in [0.1, 0.15) is 40.5 Å². The molecular weight excluding hydrogens is 436 g/mol. The first kappa shape index (κ1) is 23.0. The second-order valence-corrected chi connectivity index (χ2v) is 7.22. The van der Waals surface area contributed by atoms with Gasteiger partial charge in [0.2, 0.25) is 0 Å². The van der Waals surface area contributed by atoms with E-state index >= 15 is 0 Å². The zero-order valence-corrected chi connectivity index (χ0v) is 18.3. The molecule has 0 atom stereocenters. The molecule has 0 fully saturated rings. The minimum Gasteiger partial charge on any atom is -0.465 e. The van der Waals surface area contributed by atoms with Crippen molar-refractivity contribution in [3.63, 3.8) is 0 Å². The predicted molar refractivity (Wildman–Crippen MR) is 118 cm³/mol. The highest BCUT2D eigenvalue weighted by atomic mass is 35.5. The normalized spacial score (nSPS) is 13.4. The number of benzene rings is 2. The second-order valence-electron chi connectivity index (χ2n) is 6.84. The minimum absolute atomic E-state index is 0.0410. The Kier molecular flexibility index (Phi) is 7.27. The predicted octanol–water partition coefficient (Wildman–Crippen LogP) is 3.87. The van der Waals surface area contributed by atoms with Gasteiger partial charge in [0.1, 0.15) is 10.7 Å². The standard InChI is InChI=1S/C23H21ClN2O6/c1-3-4-12-32-22(29)14-8-7-9-15(13-14)25-19-18(24)20(27)26(21(19)28)17-11-6-5-10-16(17)23(30)31-2/h5-11,13,25H,3-4,12H2,1-2H3. The van der Waals surface area contributed by atoms with Crippen molar-refractivity contribution in [1.82, 2.24) is 0 Å². The maximum atomic E-state index is 13.0. The van der Waals surface area contributed by atoms with Crippen molar-refractivity contribution in [2.45, 2.75) is 19.8 Å². The maximum absolute atomic E-state index is 13.0. The summed E-state index contributed by atoms with van der Waals surface area (Å²) in [6.07, 6.45) is 1.65. The summed E-state index contributed by atoms with van der Waals surface area (Å²) < 4.78 is 9.93. The van der Waals surface area contributed by atoms with E-state index in [1.165, 1.54) is 25.3 Å². The van der Waals surface area contributed by atoms with E-state index in [1.54, 1.807) is 30.3 Å². The molecule has 1 heterocycles. The molecule has 1 aliphatic rings. The quantitative estimate of drug-likeness (QED) is 0.365. The summed E-state index contributed by atoms with van der Waals surface area (Å²) in [7, 11) is 1.20. The Morgan fingerprint density at radius 3 is 2.50 bits per heavy atom. The third-order valence-electron chi connectivity index (χ3n) is 4.68. The van der Waals surface area contributed by atoms with Gasteiger partial charge in [-0.25, -0.2) is 14.5 Å². The fourth-order valence-corrected chi connectivity index (χ4v) is 3.25. The van der Waals surface area contributed by atoms with Crippen LogP contribution in [0.5, 0.6) is 0 Å². The molecule has 0 saturated heterocycles. The first-order valence-electron chi connectivity index (χ1n) is 9.89. The third-order valence-corrected chi connectivity index (χ3v) is 5.03. The lowest BCUT2D eigenvalue weighted by Crippen LogP contribution is -2.33. The van der Waals surface area contributed by atoms with Gasteiger partial charge in [-0.05, 0) is 36.8 Å². The lowest BCUT2D eigenvalue weighted by atomic mass is 10.1. The number of halogens is 1. The Labute approximate surface area is 189 Å². The van der Waals surface area contributed by atoms with Gasteiger partial charge >= 0.3 is 11.9 Å². The van der Waals surface area contributed by atoms with Crippen LogP contribution in [0.25, 0.3) is 0 Å². The van der Waals surface area contributed by atoms with Gasteiger partial charge in [0.05, 0.1) is 30.5 Å². The summed E-state index contributed by atoms with van der Waals surface area (Å²) >= 11 is 6.17. The van der Waals surface area contributed by atoms with Gasteiger partial charge in [0.25, 0.3) is 11.8 Å². The van der Waals surface area contributed by atoms with Gasteiger partial charge in [0.15, 0.2) is 0 Å². The molecule has 0 saturated carbocycles. The Morgan fingerprint density at radius 1 is 1.03 bits per heavy atom. The fourth-order valence-electron chi connectivity index (χ4n) is 3.04. The number of hydrogen-bond donors (Lipinski definition) is 1. The molecule has 32 heavy (non-hydrogen) atoms. The topological polar surface area (TPSA) is 102 Å². The summed E-state index contributed by atoms with van der Waals surface area (Å²) in [6, 6.07) is 12.3. The first-order valence-corrected chi connectivity index (χ1v) is 10.3. The van der Waals surface area contributed by atoms with E-state index in [2.05, 4.69) is 5.32 Å². The number of carbonyl (C=O) groups is 4. The van der Waals surface area contributed by atoms with Gasteiger partial charge < -0.3 is 14.8 Å². The van der Waals surface area contributed by atoms with Crippen molar-refractivity contribution in [3.05, 3.63) is 70.4 Å². The SMILES string of the molecule is CCCCOC(=O)c1cccc(NC2=C(Cl)C(=O)N(c3ccccc3C(=O)OC)C2=O)c1. The molecule has 1 aliphatic heterocycles. The average molecular weight is 457 g/mol. The number of esters is 2. The molecule has 1 N–H and O–H groups in total. The molecule has 2 aromatic carbocycles. The first-order chi connectivity index (χ1) is 15.4. The van der Waals surface area contributed by atoms with E-state index in [-0.39, 0.29) is 27.5 Å². The smallest absolute Gasteiger partial charge is 0.339 e. The third kappa shape index (κ3) is 4.65. The molecule has 0 unspecified atom stereocenters. The zero-order valence-electron chi connectivity index (χ0n) is 17.5. The number of para-hydroxylation sites is 1. The van der Waals surface area contributed by atoms with Crippen molar-refractivity contribution in [1.29, 1.82) is 0 Å². The monoisotopic (exact) mass is 456 g/mol. The lowest BCUT2D eigenvalue weighted by Gasteiger charge is -2.18. The molecule has 8 nitrogen and oxygen atoms in total. The summed E-state index contributed by atoms with van der Waals surface area (Å²) in [5, 5.41) is 2.47. The summed E-state index contributed by atoms with van der Waals surface area (Å²) in [5.74, 6) is -2.73. The fraction of sp³-hybridized carbons (Fsp3) is 0.217. The van der Waals surface area contributed by atoms with Crippen molar-refractivity contribution >= 4 is 46.7 Å². The van der Waals surface area contributed by atoms with Crippen LogP contribution in [0.4, 0.5) is 11.4 Å². The molecule has 0 radical (unpaired) electrons. The number of amides is 2. The molecule has 0 spiro atoms. The molecular formula is C23H21ClN2O6. The number of methoxy groups -OCH3 is 1. The molecule has 2 aromatic rings. The number of carbonyl (C=O) groups excluding carboxylic acids is 4. The van der Waals surface area contributed by atoms with E-state index in [9.17, 15) is 19.2 Å². The van der Waals surface area contributed by atoms with E-state index < -0.39 is 23.8 Å². The van der Waals surface area contributed by atoms with E-state index in [4.69, 9.17) is 21.1 Å². The second kappa shape index (κ2) is 10.1. The molecule has 0 bridgehead atoms. The highest BCUT2D eigenvalue weighted by Gasteiger charge is 2.40. The molecule has 2 amide bonds. The van der Waals surface area contributed by atoms with Crippen molar-refractivity contribution < 1.29 is 28.7 Å². The van der Waals surface area contributed by atoms with Gasteiger partial charge in [-0.15, -0.1) is 0 Å². The minimum atomic E-state index is -0.786. The van der Waals surface area contributed by atoms with Crippen LogP contribution in [0.2, 0.25) is 0 Å². The van der Waals surface area contributed by atoms with Crippen LogP contribution in [-0.4, -0.2) is 37.5 Å². The number of rotatable bonds is 8. The summed E-state index contributed by atoms with van der Waals surface area (Å²) in [4.78, 5) is 50.9. The maximum Gasteiger partial charge on any atom is 0.339 e. The molecule has 0 aromatic heterocycles. The summed E-state index contributed by atoms with van der Waals surface area (Å²) in [6.45, 7) is 2.30. The van der Waals surface area contributed by atoms with Gasteiger partial charge in [-0.2, -0.15) is 0 Å². The molecule has 3 rings (SSSR count). The van der Waals surface area contributed by atoms with E-state index in [0.29, 0.717) is 12.3 Å². The van der Waals surface area contributed by atoms with Crippen LogP contribution in [0, 0.1) is 0 Å². The number of imide groups is 1. The van der Waals surface area contributed by atoms with Crippen LogP contribution >= 0.6 is 11.6 Å². The van der Waals surface area contributed by atoms with Gasteiger partial charge in [0, 0.05) is 5.69 Å². The Balaban J connectivity index is 1.85. The van der Waals surface area contributed by atoms with E-state index in [1.807, 2.05) is 6.92 Å². The van der Waals surface area contributed by atoms with Crippen molar-refractivity contribution in [3.8, 4) is 0 Å². The largest absolute Gasteiger partial charge is 0.465 e. The average Bonchev–Trinajstić information content (AvgIpc) is 3.01. The number of hydrogen-bond acceptors (Lipinski definition) is 7. The highest BCUT2D eigenvalue weighted by Crippen LogP contribution is 2.32. The molecule has 166 valence electrons. The highest BCUT2D eigenvalue weighted by molar-refractivity contribution is 6.53. The Morgan fingerprint density at radius 2 is 1.78 bits per heavy atom. The number of unbranched alkanes of at least 4 members (excludes halogenated alkanes) is 1. The Hall–Kier alpha value is -3.65. The Bertz CT molecular complexity index is 1110. The van der Waals surface area contributed by atoms with E-state index in [0.717, 1.165) is 17.7 Å². The molecule has 9 heteroatoms. The lowest BCUT2D eigenvalue weighted by molar-refractivity contribution is -0.120. The van der Waals surface area contributed by atoms with Crippen LogP contribution in [0.15, 0.2) is 59.3 Å². The zero-order chi connectivity index (χ0) is 23.3. The van der Waals surface area contributed by atoms with Gasteiger partial charge in [-0.3, -0.25) is 9.59 Å². The number of nitrogens with one attached hydrogen (secondary N) is 1. The number of nitrogens with zero attached hydrogens (tertiary/aromatic N) is 1. The van der Waals surface area contributed by atoms with Crippen LogP contribution in [0.3, 0.4) is 0 Å². The van der Waals surface area contributed by atoms with Crippen LogP contribution in [-0.2, 0) is 19.1 Å². The van der Waals surface area contributed by atoms with Gasteiger partial charge in [-0.1, -0.05) is 43.1 Å². The number of ether oxygens (including phenoxy) is 2. The summed E-state index contributed by atoms with van der Waals surface area (Å²) in [5.41, 5.74) is 0.574.